The zero-order chi connectivity index (χ0) is 10.0. The van der Waals surface area contributed by atoms with Gasteiger partial charge in [-0.2, -0.15) is 0 Å². The molecule has 0 radical (unpaired) electrons. The van der Waals surface area contributed by atoms with Gasteiger partial charge in [0, 0.05) is 18.7 Å². The second-order valence-electron chi connectivity index (χ2n) is 2.74. The Kier molecular flexibility index (Phi) is 2.57. The van der Waals surface area contributed by atoms with Gasteiger partial charge < -0.3 is 5.73 Å². The fourth-order valence-electron chi connectivity index (χ4n) is 1.17. The quantitative estimate of drug-likeness (QED) is 0.557. The van der Waals surface area contributed by atoms with Gasteiger partial charge >= 0.3 is 0 Å². The molecule has 0 aliphatic carbocycles. The van der Waals surface area contributed by atoms with Gasteiger partial charge in [-0.25, -0.2) is 0 Å². The SMILES string of the molecule is CC(=O)[C@@H](CN)N1C(=O)C=CC1=O. The van der Waals surface area contributed by atoms with Gasteiger partial charge in [0.1, 0.15) is 6.04 Å². The number of nitrogens with two attached hydrogens (primary N) is 1. The molecule has 1 atom stereocenters. The number of hydrogen-bond donors (Lipinski definition) is 1. The van der Waals surface area contributed by atoms with Crippen molar-refractivity contribution in [1.82, 2.24) is 4.90 Å². The number of ketones is 1. The highest BCUT2D eigenvalue weighted by Gasteiger charge is 2.32. The first-order valence-corrected chi connectivity index (χ1v) is 3.83. The van der Waals surface area contributed by atoms with Crippen molar-refractivity contribution < 1.29 is 14.4 Å². The maximum atomic E-state index is 11.1. The van der Waals surface area contributed by atoms with E-state index in [0.29, 0.717) is 0 Å². The van der Waals surface area contributed by atoms with E-state index >= 15 is 0 Å². The van der Waals surface area contributed by atoms with Crippen LogP contribution >= 0.6 is 0 Å². The second-order valence-corrected chi connectivity index (χ2v) is 2.74. The van der Waals surface area contributed by atoms with Crippen molar-refractivity contribution in [2.75, 3.05) is 6.54 Å². The first kappa shape index (κ1) is 9.60. The summed E-state index contributed by atoms with van der Waals surface area (Å²) in [6.45, 7) is 1.27. The normalized spacial score (nSPS) is 18.2. The monoisotopic (exact) mass is 182 g/mol. The number of carbonyl (C=O) groups is 3. The predicted molar refractivity (Wildman–Crippen MR) is 44.5 cm³/mol. The second kappa shape index (κ2) is 3.49. The third-order valence-electron chi connectivity index (χ3n) is 1.85. The van der Waals surface area contributed by atoms with Crippen LogP contribution in [0, 0.1) is 0 Å². The summed E-state index contributed by atoms with van der Waals surface area (Å²) < 4.78 is 0. The third-order valence-corrected chi connectivity index (χ3v) is 1.85. The van der Waals surface area contributed by atoms with Gasteiger partial charge in [0.25, 0.3) is 11.8 Å². The molecule has 0 aromatic heterocycles. The van der Waals surface area contributed by atoms with E-state index in [1.54, 1.807) is 0 Å². The minimum atomic E-state index is -0.824. The molecule has 0 aromatic carbocycles. The summed E-state index contributed by atoms with van der Waals surface area (Å²) in [5, 5.41) is 0. The van der Waals surface area contributed by atoms with Crippen LogP contribution in [0.15, 0.2) is 12.2 Å². The van der Waals surface area contributed by atoms with Gasteiger partial charge in [0.05, 0.1) is 0 Å². The molecule has 70 valence electrons. The van der Waals surface area contributed by atoms with E-state index in [4.69, 9.17) is 5.73 Å². The molecule has 0 spiro atoms. The zero-order valence-corrected chi connectivity index (χ0v) is 7.19. The van der Waals surface area contributed by atoms with Crippen LogP contribution in [-0.2, 0) is 14.4 Å². The number of carbonyl (C=O) groups excluding carboxylic acids is 3. The molecule has 0 saturated heterocycles. The smallest absolute Gasteiger partial charge is 0.254 e. The van der Waals surface area contributed by atoms with Gasteiger partial charge in [0.15, 0.2) is 5.78 Å². The summed E-state index contributed by atoms with van der Waals surface area (Å²) in [5.41, 5.74) is 5.28. The van der Waals surface area contributed by atoms with Crippen LogP contribution in [0.3, 0.4) is 0 Å². The van der Waals surface area contributed by atoms with Gasteiger partial charge in [-0.05, 0) is 6.92 Å². The van der Waals surface area contributed by atoms with Crippen molar-refractivity contribution in [3.8, 4) is 0 Å². The maximum Gasteiger partial charge on any atom is 0.254 e. The topological polar surface area (TPSA) is 80.5 Å². The number of rotatable bonds is 3. The molecule has 5 heteroatoms. The van der Waals surface area contributed by atoms with E-state index in [-0.39, 0.29) is 12.3 Å². The van der Waals surface area contributed by atoms with Crippen molar-refractivity contribution in [3.63, 3.8) is 0 Å². The Labute approximate surface area is 75.2 Å². The molecule has 1 aliphatic heterocycles. The van der Waals surface area contributed by atoms with E-state index in [0.717, 1.165) is 17.1 Å². The van der Waals surface area contributed by atoms with E-state index in [9.17, 15) is 14.4 Å². The van der Waals surface area contributed by atoms with E-state index in [2.05, 4.69) is 0 Å². The third kappa shape index (κ3) is 1.65. The van der Waals surface area contributed by atoms with Crippen LogP contribution in [0.1, 0.15) is 6.92 Å². The molecule has 0 aromatic rings. The Morgan fingerprint density at radius 1 is 1.46 bits per heavy atom. The molecule has 1 heterocycles. The van der Waals surface area contributed by atoms with Crippen LogP contribution < -0.4 is 5.73 Å². The Hall–Kier alpha value is -1.49. The van der Waals surface area contributed by atoms with Crippen molar-refractivity contribution in [3.05, 3.63) is 12.2 Å². The van der Waals surface area contributed by atoms with Crippen molar-refractivity contribution in [1.29, 1.82) is 0 Å². The zero-order valence-electron chi connectivity index (χ0n) is 7.19. The standard InChI is InChI=1S/C8H10N2O3/c1-5(11)6(4-9)10-7(12)2-3-8(10)13/h2-3,6H,4,9H2,1H3/t6-/m1/s1. The molecular formula is C8H10N2O3. The number of hydrogen-bond acceptors (Lipinski definition) is 4. The van der Waals surface area contributed by atoms with Crippen LogP contribution in [-0.4, -0.2) is 35.1 Å². The summed E-state index contributed by atoms with van der Waals surface area (Å²) in [4.78, 5) is 34.1. The largest absolute Gasteiger partial charge is 0.328 e. The highest BCUT2D eigenvalue weighted by atomic mass is 16.2. The summed E-state index contributed by atoms with van der Waals surface area (Å²) in [6.07, 6.45) is 2.27. The molecule has 0 fully saturated rings. The summed E-state index contributed by atoms with van der Waals surface area (Å²) >= 11 is 0. The minimum Gasteiger partial charge on any atom is -0.328 e. The Morgan fingerprint density at radius 2 is 1.92 bits per heavy atom. The van der Waals surface area contributed by atoms with Crippen molar-refractivity contribution in [2.45, 2.75) is 13.0 Å². The fourth-order valence-corrected chi connectivity index (χ4v) is 1.17. The average molecular weight is 182 g/mol. The van der Waals surface area contributed by atoms with E-state index < -0.39 is 17.9 Å². The lowest BCUT2D eigenvalue weighted by Gasteiger charge is -2.21. The minimum absolute atomic E-state index is 0.0332. The number of nitrogens with zero attached hydrogens (tertiary/aromatic N) is 1. The molecule has 2 amide bonds. The number of Topliss-reactive ketones (excluding diaryl/α,β-unsaturated/α-hetero) is 1. The van der Waals surface area contributed by atoms with Crippen molar-refractivity contribution in [2.24, 2.45) is 5.73 Å². The lowest BCUT2D eigenvalue weighted by molar-refractivity contribution is -0.143. The Morgan fingerprint density at radius 3 is 2.23 bits per heavy atom. The maximum absolute atomic E-state index is 11.1. The van der Waals surface area contributed by atoms with Gasteiger partial charge in [-0.1, -0.05) is 0 Å². The first-order chi connectivity index (χ1) is 6.07. The van der Waals surface area contributed by atoms with E-state index in [1.165, 1.54) is 6.92 Å². The molecule has 0 unspecified atom stereocenters. The molecule has 0 saturated carbocycles. The number of amides is 2. The van der Waals surface area contributed by atoms with Crippen LogP contribution in [0.25, 0.3) is 0 Å². The van der Waals surface area contributed by atoms with Gasteiger partial charge in [-0.15, -0.1) is 0 Å². The van der Waals surface area contributed by atoms with E-state index in [1.807, 2.05) is 0 Å². The Balaban J connectivity index is 2.87. The molecule has 1 aliphatic rings. The highest BCUT2D eigenvalue weighted by Crippen LogP contribution is 2.08. The summed E-state index contributed by atoms with van der Waals surface area (Å²) in [6, 6.07) is -0.824. The van der Waals surface area contributed by atoms with Crippen LogP contribution in [0.2, 0.25) is 0 Å². The highest BCUT2D eigenvalue weighted by molar-refractivity contribution is 6.15. The molecular weight excluding hydrogens is 172 g/mol. The molecule has 13 heavy (non-hydrogen) atoms. The molecule has 5 nitrogen and oxygen atoms in total. The van der Waals surface area contributed by atoms with Crippen LogP contribution in [0.5, 0.6) is 0 Å². The summed E-state index contributed by atoms with van der Waals surface area (Å²) in [5.74, 6) is -1.24. The predicted octanol–water partition coefficient (Wildman–Crippen LogP) is -1.17. The van der Waals surface area contributed by atoms with Crippen LogP contribution in [0.4, 0.5) is 0 Å². The fraction of sp³-hybridized carbons (Fsp3) is 0.375. The van der Waals surface area contributed by atoms with Crippen molar-refractivity contribution >= 4 is 17.6 Å². The average Bonchev–Trinajstić information content (AvgIpc) is 2.36. The molecule has 2 N–H and O–H groups in total. The van der Waals surface area contributed by atoms with Gasteiger partial charge in [0.2, 0.25) is 0 Å². The van der Waals surface area contributed by atoms with Gasteiger partial charge in [-0.3, -0.25) is 19.3 Å². The Bertz CT molecular complexity index is 278. The lowest BCUT2D eigenvalue weighted by atomic mass is 10.2. The summed E-state index contributed by atoms with van der Waals surface area (Å²) in [7, 11) is 0. The molecule has 1 rings (SSSR count). The molecule has 0 bridgehead atoms. The lowest BCUT2D eigenvalue weighted by Crippen LogP contribution is -2.48. The number of imide groups is 1. The first-order valence-electron chi connectivity index (χ1n) is 3.83.